The normalized spacial score (nSPS) is 15.9. The third-order valence-electron chi connectivity index (χ3n) is 3.56. The van der Waals surface area contributed by atoms with Crippen LogP contribution in [-0.2, 0) is 6.42 Å². The highest BCUT2D eigenvalue weighted by Gasteiger charge is 2.23. The van der Waals surface area contributed by atoms with Gasteiger partial charge < -0.3 is 5.11 Å². The smallest absolute Gasteiger partial charge is 0.163 e. The molecule has 1 saturated carbocycles. The first-order chi connectivity index (χ1) is 7.63. The van der Waals surface area contributed by atoms with Gasteiger partial charge in [-0.25, -0.2) is 0 Å². The summed E-state index contributed by atoms with van der Waals surface area (Å²) in [7, 11) is 0. The summed E-state index contributed by atoms with van der Waals surface area (Å²) in [6.07, 6.45) is 4.63. The van der Waals surface area contributed by atoms with E-state index >= 15 is 0 Å². The predicted molar refractivity (Wildman–Crippen MR) is 64.1 cm³/mol. The van der Waals surface area contributed by atoms with Crippen molar-refractivity contribution < 1.29 is 9.90 Å². The molecule has 1 aromatic carbocycles. The van der Waals surface area contributed by atoms with E-state index in [-0.39, 0.29) is 11.5 Å². The van der Waals surface area contributed by atoms with Gasteiger partial charge in [-0.15, -0.1) is 0 Å². The van der Waals surface area contributed by atoms with Crippen LogP contribution in [0, 0.1) is 0 Å². The second-order valence-electron chi connectivity index (χ2n) is 4.61. The molecule has 2 heteroatoms. The van der Waals surface area contributed by atoms with Crippen molar-refractivity contribution in [3.05, 3.63) is 28.8 Å². The van der Waals surface area contributed by atoms with Crippen molar-refractivity contribution in [3.63, 3.8) is 0 Å². The van der Waals surface area contributed by atoms with Crippen LogP contribution in [-0.4, -0.2) is 10.9 Å². The molecule has 0 unspecified atom stereocenters. The van der Waals surface area contributed by atoms with E-state index in [0.717, 1.165) is 6.42 Å². The van der Waals surface area contributed by atoms with Crippen LogP contribution in [0.4, 0.5) is 0 Å². The number of aromatic hydroxyl groups is 1. The van der Waals surface area contributed by atoms with Crippen molar-refractivity contribution in [2.24, 2.45) is 0 Å². The van der Waals surface area contributed by atoms with E-state index in [9.17, 15) is 9.90 Å². The Balaban J connectivity index is 2.45. The van der Waals surface area contributed by atoms with Crippen LogP contribution >= 0.6 is 0 Å². The van der Waals surface area contributed by atoms with Gasteiger partial charge in [0.25, 0.3) is 0 Å². The predicted octanol–water partition coefficient (Wildman–Crippen LogP) is 3.42. The van der Waals surface area contributed by atoms with Gasteiger partial charge in [-0.05, 0) is 55.4 Å². The molecule has 0 aromatic heterocycles. The van der Waals surface area contributed by atoms with Crippen molar-refractivity contribution in [2.45, 2.75) is 45.4 Å². The summed E-state index contributed by atoms with van der Waals surface area (Å²) in [6.45, 7) is 3.59. The van der Waals surface area contributed by atoms with Crippen LogP contribution < -0.4 is 0 Å². The maximum absolute atomic E-state index is 11.3. The van der Waals surface area contributed by atoms with Gasteiger partial charge in [0.2, 0.25) is 0 Å². The molecular formula is C14H18O2. The number of Topliss-reactive ketones (excluding diaryl/α,β-unsaturated/α-hetero) is 1. The highest BCUT2D eigenvalue weighted by atomic mass is 16.3. The Bertz CT molecular complexity index is 417. The molecule has 16 heavy (non-hydrogen) atoms. The van der Waals surface area contributed by atoms with Crippen molar-refractivity contribution in [1.82, 2.24) is 0 Å². The summed E-state index contributed by atoms with van der Waals surface area (Å²) >= 11 is 0. The van der Waals surface area contributed by atoms with Crippen LogP contribution in [0.3, 0.4) is 0 Å². The molecule has 0 radical (unpaired) electrons. The summed E-state index contributed by atoms with van der Waals surface area (Å²) in [5, 5.41) is 9.83. The molecule has 2 rings (SSSR count). The fourth-order valence-corrected chi connectivity index (χ4v) is 2.34. The average Bonchev–Trinajstić information content (AvgIpc) is 2.14. The van der Waals surface area contributed by atoms with Gasteiger partial charge in [-0.1, -0.05) is 13.3 Å². The summed E-state index contributed by atoms with van der Waals surface area (Å²) < 4.78 is 0. The van der Waals surface area contributed by atoms with Crippen LogP contribution in [0.1, 0.15) is 60.5 Å². The van der Waals surface area contributed by atoms with Crippen molar-refractivity contribution in [2.75, 3.05) is 0 Å². The van der Waals surface area contributed by atoms with E-state index in [0.29, 0.717) is 11.5 Å². The third kappa shape index (κ3) is 1.84. The number of phenolic OH excluding ortho intramolecular Hbond substituents is 1. The van der Waals surface area contributed by atoms with Gasteiger partial charge in [0.05, 0.1) is 5.56 Å². The van der Waals surface area contributed by atoms with E-state index in [1.807, 2.05) is 6.07 Å². The monoisotopic (exact) mass is 218 g/mol. The van der Waals surface area contributed by atoms with Gasteiger partial charge in [0, 0.05) is 0 Å². The number of carbonyl (C=O) groups excluding carboxylic acids is 1. The number of rotatable bonds is 3. The highest BCUT2D eigenvalue weighted by Crippen LogP contribution is 2.40. The Morgan fingerprint density at radius 1 is 1.44 bits per heavy atom. The maximum Gasteiger partial charge on any atom is 0.163 e. The van der Waals surface area contributed by atoms with Crippen molar-refractivity contribution in [1.29, 1.82) is 0 Å². The zero-order chi connectivity index (χ0) is 11.7. The van der Waals surface area contributed by atoms with Crippen LogP contribution in [0.15, 0.2) is 12.1 Å². The topological polar surface area (TPSA) is 37.3 Å². The van der Waals surface area contributed by atoms with Gasteiger partial charge in [-0.2, -0.15) is 0 Å². The number of aryl methyl sites for hydroxylation is 1. The Morgan fingerprint density at radius 3 is 2.56 bits per heavy atom. The second kappa shape index (κ2) is 4.28. The van der Waals surface area contributed by atoms with E-state index in [4.69, 9.17) is 0 Å². The zero-order valence-corrected chi connectivity index (χ0v) is 9.92. The van der Waals surface area contributed by atoms with Crippen LogP contribution in [0.2, 0.25) is 0 Å². The van der Waals surface area contributed by atoms with Crippen molar-refractivity contribution >= 4 is 5.78 Å². The first kappa shape index (κ1) is 11.2. The molecule has 2 nitrogen and oxygen atoms in total. The van der Waals surface area contributed by atoms with E-state index < -0.39 is 0 Å². The summed E-state index contributed by atoms with van der Waals surface area (Å²) in [4.78, 5) is 11.3. The van der Waals surface area contributed by atoms with E-state index in [1.54, 1.807) is 6.07 Å². The molecule has 1 aliphatic rings. The number of hydrogen-bond donors (Lipinski definition) is 1. The van der Waals surface area contributed by atoms with E-state index in [1.165, 1.54) is 37.3 Å². The van der Waals surface area contributed by atoms with Crippen LogP contribution in [0.5, 0.6) is 5.75 Å². The number of ketones is 1. The molecule has 0 atom stereocenters. The van der Waals surface area contributed by atoms with Gasteiger partial charge in [0.1, 0.15) is 5.75 Å². The summed E-state index contributed by atoms with van der Waals surface area (Å²) in [5.41, 5.74) is 2.92. The minimum absolute atomic E-state index is 0.0626. The zero-order valence-electron chi connectivity index (χ0n) is 9.92. The molecule has 1 aromatic rings. The molecule has 0 saturated heterocycles. The fraction of sp³-hybridized carbons (Fsp3) is 0.500. The summed E-state index contributed by atoms with van der Waals surface area (Å²) in [6, 6.07) is 3.67. The van der Waals surface area contributed by atoms with Gasteiger partial charge >= 0.3 is 0 Å². The lowest BCUT2D eigenvalue weighted by molar-refractivity contribution is 0.101. The molecular weight excluding hydrogens is 200 g/mol. The Hall–Kier alpha value is -1.31. The lowest BCUT2D eigenvalue weighted by atomic mass is 9.77. The molecule has 86 valence electrons. The molecule has 0 bridgehead atoms. The van der Waals surface area contributed by atoms with E-state index in [2.05, 4.69) is 6.92 Å². The summed E-state index contributed by atoms with van der Waals surface area (Å²) in [5.74, 6) is 0.681. The Kier molecular flexibility index (Phi) is 2.99. The molecule has 0 spiro atoms. The Morgan fingerprint density at radius 2 is 2.12 bits per heavy atom. The number of phenols is 1. The minimum atomic E-state index is -0.0626. The number of benzene rings is 1. The third-order valence-corrected chi connectivity index (χ3v) is 3.56. The van der Waals surface area contributed by atoms with Gasteiger partial charge in [0.15, 0.2) is 5.78 Å². The standard InChI is InChI=1S/C14H18O2/c1-3-10-7-12(9(2)15)14(16)8-13(10)11-5-4-6-11/h7-8,11,16H,3-6H2,1-2H3. The molecule has 1 aliphatic carbocycles. The average molecular weight is 218 g/mol. The largest absolute Gasteiger partial charge is 0.507 e. The lowest BCUT2D eigenvalue weighted by Crippen LogP contribution is -2.12. The molecule has 0 aliphatic heterocycles. The van der Waals surface area contributed by atoms with Gasteiger partial charge in [-0.3, -0.25) is 4.79 Å². The molecule has 1 fully saturated rings. The maximum atomic E-state index is 11.3. The number of hydrogen-bond acceptors (Lipinski definition) is 2. The molecule has 0 heterocycles. The first-order valence-electron chi connectivity index (χ1n) is 6.00. The lowest BCUT2D eigenvalue weighted by Gasteiger charge is -2.28. The SMILES string of the molecule is CCc1cc(C(C)=O)c(O)cc1C1CCC1. The minimum Gasteiger partial charge on any atom is -0.507 e. The first-order valence-corrected chi connectivity index (χ1v) is 6.00. The fourth-order valence-electron chi connectivity index (χ4n) is 2.34. The highest BCUT2D eigenvalue weighted by molar-refractivity contribution is 5.97. The Labute approximate surface area is 96.3 Å². The number of carbonyl (C=O) groups is 1. The molecule has 0 amide bonds. The van der Waals surface area contributed by atoms with Crippen LogP contribution in [0.25, 0.3) is 0 Å². The second-order valence-corrected chi connectivity index (χ2v) is 4.61. The molecule has 1 N–H and O–H groups in total. The van der Waals surface area contributed by atoms with Crippen molar-refractivity contribution in [3.8, 4) is 5.75 Å². The quantitative estimate of drug-likeness (QED) is 0.789.